The van der Waals surface area contributed by atoms with E-state index in [2.05, 4.69) is 5.32 Å². The van der Waals surface area contributed by atoms with Crippen LogP contribution in [0.5, 0.6) is 0 Å². The number of hydrogen-bond donors (Lipinski definition) is 2. The van der Waals surface area contributed by atoms with E-state index < -0.39 is 11.9 Å². The molecule has 5 nitrogen and oxygen atoms in total. The third kappa shape index (κ3) is 2.70. The molecule has 0 aromatic heterocycles. The molecule has 5 heteroatoms. The van der Waals surface area contributed by atoms with Gasteiger partial charge >= 0.3 is 0 Å². The minimum Gasteiger partial charge on any atom is -0.381 e. The van der Waals surface area contributed by atoms with Crippen LogP contribution in [-0.4, -0.2) is 31.1 Å². The molecule has 2 atom stereocenters. The van der Waals surface area contributed by atoms with Crippen molar-refractivity contribution in [2.75, 3.05) is 13.2 Å². The van der Waals surface area contributed by atoms with Crippen molar-refractivity contribution in [2.24, 2.45) is 11.7 Å². The van der Waals surface area contributed by atoms with E-state index in [9.17, 15) is 9.59 Å². The molecule has 0 spiro atoms. The Kier molecular flexibility index (Phi) is 3.88. The van der Waals surface area contributed by atoms with Gasteiger partial charge in [-0.15, -0.1) is 0 Å². The third-order valence-electron chi connectivity index (χ3n) is 2.37. The Morgan fingerprint density at radius 2 is 2.36 bits per heavy atom. The first-order valence-electron chi connectivity index (χ1n) is 4.82. The minimum atomic E-state index is -0.553. The summed E-state index contributed by atoms with van der Waals surface area (Å²) < 4.78 is 5.08. The van der Waals surface area contributed by atoms with Crippen LogP contribution in [0.15, 0.2) is 0 Å². The SMILES string of the molecule is CC[C@@H](NC(=O)[C@H]1CCOC1)C(N)=O. The zero-order valence-electron chi connectivity index (χ0n) is 8.29. The van der Waals surface area contributed by atoms with E-state index in [0.717, 1.165) is 6.42 Å². The first kappa shape index (κ1) is 11.0. The number of ether oxygens (including phenoxy) is 1. The monoisotopic (exact) mass is 200 g/mol. The molecule has 1 fully saturated rings. The maximum absolute atomic E-state index is 11.5. The van der Waals surface area contributed by atoms with Crippen molar-refractivity contribution < 1.29 is 14.3 Å². The van der Waals surface area contributed by atoms with E-state index in [1.165, 1.54) is 0 Å². The molecule has 1 heterocycles. The van der Waals surface area contributed by atoms with E-state index >= 15 is 0 Å². The number of carbonyl (C=O) groups is 2. The molecular weight excluding hydrogens is 184 g/mol. The molecule has 0 saturated carbocycles. The summed E-state index contributed by atoms with van der Waals surface area (Å²) >= 11 is 0. The summed E-state index contributed by atoms with van der Waals surface area (Å²) in [5.41, 5.74) is 5.11. The predicted octanol–water partition coefficient (Wildman–Crippen LogP) is -0.597. The molecule has 80 valence electrons. The van der Waals surface area contributed by atoms with Gasteiger partial charge in [-0.05, 0) is 12.8 Å². The zero-order valence-corrected chi connectivity index (χ0v) is 8.29. The second-order valence-electron chi connectivity index (χ2n) is 3.43. The fraction of sp³-hybridized carbons (Fsp3) is 0.778. The molecule has 0 aromatic carbocycles. The van der Waals surface area contributed by atoms with Crippen LogP contribution in [0, 0.1) is 5.92 Å². The number of carbonyl (C=O) groups excluding carboxylic acids is 2. The summed E-state index contributed by atoms with van der Waals surface area (Å²) in [5, 5.41) is 2.61. The van der Waals surface area contributed by atoms with E-state index in [0.29, 0.717) is 19.6 Å². The number of hydrogen-bond acceptors (Lipinski definition) is 3. The van der Waals surface area contributed by atoms with Crippen LogP contribution in [0.4, 0.5) is 0 Å². The highest BCUT2D eigenvalue weighted by atomic mass is 16.5. The van der Waals surface area contributed by atoms with Gasteiger partial charge in [0.25, 0.3) is 0 Å². The molecule has 14 heavy (non-hydrogen) atoms. The average Bonchev–Trinajstić information content (AvgIpc) is 2.65. The van der Waals surface area contributed by atoms with E-state index in [1.54, 1.807) is 6.92 Å². The van der Waals surface area contributed by atoms with Crippen molar-refractivity contribution in [3.05, 3.63) is 0 Å². The van der Waals surface area contributed by atoms with Crippen molar-refractivity contribution >= 4 is 11.8 Å². The first-order valence-corrected chi connectivity index (χ1v) is 4.82. The van der Waals surface area contributed by atoms with Gasteiger partial charge in [-0.2, -0.15) is 0 Å². The lowest BCUT2D eigenvalue weighted by molar-refractivity contribution is -0.130. The lowest BCUT2D eigenvalue weighted by Gasteiger charge is -2.15. The molecule has 1 aliphatic rings. The van der Waals surface area contributed by atoms with Crippen LogP contribution < -0.4 is 11.1 Å². The normalized spacial score (nSPS) is 23.1. The molecule has 0 aliphatic carbocycles. The van der Waals surface area contributed by atoms with Gasteiger partial charge in [0.1, 0.15) is 6.04 Å². The van der Waals surface area contributed by atoms with Gasteiger partial charge in [0.15, 0.2) is 0 Å². The van der Waals surface area contributed by atoms with E-state index in [1.807, 2.05) is 0 Å². The van der Waals surface area contributed by atoms with E-state index in [4.69, 9.17) is 10.5 Å². The summed E-state index contributed by atoms with van der Waals surface area (Å²) in [7, 11) is 0. The Bertz CT molecular complexity index is 224. The van der Waals surface area contributed by atoms with Gasteiger partial charge in [-0.25, -0.2) is 0 Å². The quantitative estimate of drug-likeness (QED) is 0.636. The minimum absolute atomic E-state index is 0.122. The molecule has 1 rings (SSSR count). The Balaban J connectivity index is 2.41. The van der Waals surface area contributed by atoms with Crippen LogP contribution in [0.3, 0.4) is 0 Å². The van der Waals surface area contributed by atoms with Crippen molar-refractivity contribution in [1.29, 1.82) is 0 Å². The summed E-state index contributed by atoms with van der Waals surface area (Å²) in [6.45, 7) is 2.87. The molecule has 1 aliphatic heterocycles. The van der Waals surface area contributed by atoms with Crippen molar-refractivity contribution in [3.8, 4) is 0 Å². The summed E-state index contributed by atoms with van der Waals surface area (Å²) in [6, 6.07) is -0.553. The number of amides is 2. The second-order valence-corrected chi connectivity index (χ2v) is 3.43. The smallest absolute Gasteiger partial charge is 0.239 e. The third-order valence-corrected chi connectivity index (χ3v) is 2.37. The fourth-order valence-electron chi connectivity index (χ4n) is 1.41. The second kappa shape index (κ2) is 4.95. The molecule has 1 saturated heterocycles. The van der Waals surface area contributed by atoms with Gasteiger partial charge in [0.2, 0.25) is 11.8 Å². The van der Waals surface area contributed by atoms with Crippen molar-refractivity contribution in [1.82, 2.24) is 5.32 Å². The summed E-state index contributed by atoms with van der Waals surface area (Å²) in [5.74, 6) is -0.740. The Morgan fingerprint density at radius 1 is 1.64 bits per heavy atom. The summed E-state index contributed by atoms with van der Waals surface area (Å²) in [6.07, 6.45) is 1.25. The summed E-state index contributed by atoms with van der Waals surface area (Å²) in [4.78, 5) is 22.4. The molecule has 0 bridgehead atoms. The van der Waals surface area contributed by atoms with E-state index in [-0.39, 0.29) is 11.8 Å². The van der Waals surface area contributed by atoms with Crippen LogP contribution in [0.2, 0.25) is 0 Å². The molecule has 0 aromatic rings. The number of primary amides is 1. The van der Waals surface area contributed by atoms with Gasteiger partial charge < -0.3 is 15.8 Å². The lowest BCUT2D eigenvalue weighted by atomic mass is 10.1. The molecule has 0 radical (unpaired) electrons. The van der Waals surface area contributed by atoms with Crippen LogP contribution in [0.25, 0.3) is 0 Å². The highest BCUT2D eigenvalue weighted by Crippen LogP contribution is 2.12. The molecule has 3 N–H and O–H groups in total. The van der Waals surface area contributed by atoms with Gasteiger partial charge in [0, 0.05) is 6.61 Å². The molecular formula is C9H16N2O3. The maximum atomic E-state index is 11.5. The van der Waals surface area contributed by atoms with Crippen LogP contribution >= 0.6 is 0 Å². The molecule has 2 amide bonds. The zero-order chi connectivity index (χ0) is 10.6. The van der Waals surface area contributed by atoms with Gasteiger partial charge in [0.05, 0.1) is 12.5 Å². The Hall–Kier alpha value is -1.10. The maximum Gasteiger partial charge on any atom is 0.239 e. The highest BCUT2D eigenvalue weighted by molar-refractivity contribution is 5.87. The van der Waals surface area contributed by atoms with Crippen LogP contribution in [0.1, 0.15) is 19.8 Å². The Labute approximate surface area is 83.0 Å². The topological polar surface area (TPSA) is 81.4 Å². The first-order chi connectivity index (χ1) is 6.65. The van der Waals surface area contributed by atoms with Gasteiger partial charge in [-0.3, -0.25) is 9.59 Å². The number of rotatable bonds is 4. The lowest BCUT2D eigenvalue weighted by Crippen LogP contribution is -2.46. The van der Waals surface area contributed by atoms with Crippen molar-refractivity contribution in [3.63, 3.8) is 0 Å². The predicted molar refractivity (Wildman–Crippen MR) is 50.3 cm³/mol. The highest BCUT2D eigenvalue weighted by Gasteiger charge is 2.26. The largest absolute Gasteiger partial charge is 0.381 e. The fourth-order valence-corrected chi connectivity index (χ4v) is 1.41. The molecule has 0 unspecified atom stereocenters. The number of nitrogens with two attached hydrogens (primary N) is 1. The van der Waals surface area contributed by atoms with Crippen molar-refractivity contribution in [2.45, 2.75) is 25.8 Å². The van der Waals surface area contributed by atoms with Crippen LogP contribution in [-0.2, 0) is 14.3 Å². The standard InChI is InChI=1S/C9H16N2O3/c1-2-7(8(10)12)11-9(13)6-3-4-14-5-6/h6-7H,2-5H2,1H3,(H2,10,12)(H,11,13)/t6-,7+/m0/s1. The van der Waals surface area contributed by atoms with Gasteiger partial charge in [-0.1, -0.05) is 6.92 Å². The number of nitrogens with one attached hydrogen (secondary N) is 1. The Morgan fingerprint density at radius 3 is 2.79 bits per heavy atom. The average molecular weight is 200 g/mol.